The molecule has 0 amide bonds. The van der Waals surface area contributed by atoms with Gasteiger partial charge in [-0.25, -0.2) is 0 Å². The van der Waals surface area contributed by atoms with Crippen molar-refractivity contribution in [2.24, 2.45) is 0 Å². The van der Waals surface area contributed by atoms with Crippen molar-refractivity contribution < 1.29 is 17.9 Å². The molecular formula is C13H19F3N2O2. The molecule has 1 heterocycles. The van der Waals surface area contributed by atoms with E-state index in [4.69, 9.17) is 4.74 Å². The van der Waals surface area contributed by atoms with Gasteiger partial charge in [0, 0.05) is 38.6 Å². The van der Waals surface area contributed by atoms with Crippen LogP contribution >= 0.6 is 0 Å². The summed E-state index contributed by atoms with van der Waals surface area (Å²) in [4.78, 5) is 11.5. The molecule has 0 spiro atoms. The Morgan fingerprint density at radius 2 is 2.05 bits per heavy atom. The Labute approximate surface area is 115 Å². The molecule has 0 aromatic carbocycles. The highest BCUT2D eigenvalue weighted by atomic mass is 19.4. The van der Waals surface area contributed by atoms with Gasteiger partial charge in [-0.2, -0.15) is 13.2 Å². The van der Waals surface area contributed by atoms with Gasteiger partial charge in [-0.15, -0.1) is 0 Å². The van der Waals surface area contributed by atoms with Gasteiger partial charge < -0.3 is 14.6 Å². The molecular weight excluding hydrogens is 273 g/mol. The normalized spacial score (nSPS) is 11.8. The van der Waals surface area contributed by atoms with E-state index in [0.29, 0.717) is 26.3 Å². The molecule has 1 aromatic heterocycles. The average Bonchev–Trinajstić information content (AvgIpc) is 2.38. The molecule has 4 nitrogen and oxygen atoms in total. The molecule has 1 N–H and O–H groups in total. The highest BCUT2D eigenvalue weighted by Crippen LogP contribution is 2.27. The fraction of sp³-hybridized carbons (Fsp3) is 0.615. The quantitative estimate of drug-likeness (QED) is 0.744. The van der Waals surface area contributed by atoms with E-state index in [1.54, 1.807) is 0 Å². The fourth-order valence-electron chi connectivity index (χ4n) is 1.64. The van der Waals surface area contributed by atoms with E-state index in [1.807, 2.05) is 6.92 Å². The topological polar surface area (TPSA) is 43.3 Å². The maximum atomic E-state index is 12.5. The molecule has 114 valence electrons. The molecule has 0 bridgehead atoms. The number of halogens is 3. The first kappa shape index (κ1) is 16.7. The van der Waals surface area contributed by atoms with Gasteiger partial charge in [-0.3, -0.25) is 4.79 Å². The maximum absolute atomic E-state index is 12.5. The van der Waals surface area contributed by atoms with E-state index in [1.165, 1.54) is 0 Å². The van der Waals surface area contributed by atoms with Crippen LogP contribution in [0.15, 0.2) is 23.1 Å². The van der Waals surface area contributed by atoms with Crippen LogP contribution in [0, 0.1) is 0 Å². The van der Waals surface area contributed by atoms with Crippen molar-refractivity contribution in [1.82, 2.24) is 9.88 Å². The Kier molecular flexibility index (Phi) is 6.74. The summed E-state index contributed by atoms with van der Waals surface area (Å²) in [5, 5.41) is 3.06. The predicted octanol–water partition coefficient (Wildman–Crippen LogP) is 1.88. The van der Waals surface area contributed by atoms with Gasteiger partial charge in [0.25, 0.3) is 5.56 Å². The second kappa shape index (κ2) is 8.06. The van der Waals surface area contributed by atoms with Crippen LogP contribution in [0.2, 0.25) is 0 Å². The van der Waals surface area contributed by atoms with Gasteiger partial charge in [-0.05, 0) is 26.0 Å². The number of hydrogen-bond acceptors (Lipinski definition) is 3. The van der Waals surface area contributed by atoms with E-state index in [0.717, 1.165) is 29.3 Å². The Bertz CT molecular complexity index is 458. The van der Waals surface area contributed by atoms with Gasteiger partial charge in [-0.1, -0.05) is 0 Å². The standard InChI is InChI=1S/C13H19F3N2O2/c1-2-20-9-3-6-17-7-8-18-10-11(13(14,15)16)4-5-12(18)19/h4-5,10,17H,2-3,6-9H2,1H3. The Morgan fingerprint density at radius 1 is 1.30 bits per heavy atom. The highest BCUT2D eigenvalue weighted by Gasteiger charge is 2.30. The van der Waals surface area contributed by atoms with Gasteiger partial charge >= 0.3 is 6.18 Å². The number of pyridine rings is 1. The molecule has 0 atom stereocenters. The van der Waals surface area contributed by atoms with E-state index < -0.39 is 17.3 Å². The van der Waals surface area contributed by atoms with Crippen molar-refractivity contribution in [1.29, 1.82) is 0 Å². The smallest absolute Gasteiger partial charge is 0.382 e. The lowest BCUT2D eigenvalue weighted by Crippen LogP contribution is -2.28. The SMILES string of the molecule is CCOCCCNCCn1cc(C(F)(F)F)ccc1=O. The summed E-state index contributed by atoms with van der Waals surface area (Å²) in [6.45, 7) is 4.57. The van der Waals surface area contributed by atoms with Crippen LogP contribution in [0.1, 0.15) is 18.9 Å². The van der Waals surface area contributed by atoms with Crippen molar-refractivity contribution in [2.45, 2.75) is 26.1 Å². The zero-order valence-electron chi connectivity index (χ0n) is 11.4. The van der Waals surface area contributed by atoms with Crippen LogP contribution in [0.25, 0.3) is 0 Å². The summed E-state index contributed by atoms with van der Waals surface area (Å²) >= 11 is 0. The van der Waals surface area contributed by atoms with Crippen LogP contribution < -0.4 is 10.9 Å². The number of ether oxygens (including phenoxy) is 1. The van der Waals surface area contributed by atoms with E-state index in [9.17, 15) is 18.0 Å². The molecule has 7 heteroatoms. The average molecular weight is 292 g/mol. The molecule has 0 saturated heterocycles. The summed E-state index contributed by atoms with van der Waals surface area (Å²) in [7, 11) is 0. The molecule has 0 radical (unpaired) electrons. The minimum Gasteiger partial charge on any atom is -0.382 e. The summed E-state index contributed by atoms with van der Waals surface area (Å²) in [6, 6.07) is 1.74. The molecule has 0 aliphatic heterocycles. The summed E-state index contributed by atoms with van der Waals surface area (Å²) in [6.07, 6.45) is -2.75. The van der Waals surface area contributed by atoms with E-state index in [-0.39, 0.29) is 6.54 Å². The monoisotopic (exact) mass is 292 g/mol. The Balaban J connectivity index is 2.42. The highest BCUT2D eigenvalue weighted by molar-refractivity contribution is 5.13. The number of rotatable bonds is 8. The summed E-state index contributed by atoms with van der Waals surface area (Å²) in [5.74, 6) is 0. The summed E-state index contributed by atoms with van der Waals surface area (Å²) < 4.78 is 43.8. The van der Waals surface area contributed by atoms with Crippen LogP contribution in [0.5, 0.6) is 0 Å². The van der Waals surface area contributed by atoms with Crippen LogP contribution in [0.4, 0.5) is 13.2 Å². The third kappa shape index (κ3) is 5.75. The second-order valence-electron chi connectivity index (χ2n) is 4.25. The minimum atomic E-state index is -4.43. The minimum absolute atomic E-state index is 0.206. The third-order valence-corrected chi connectivity index (χ3v) is 2.69. The van der Waals surface area contributed by atoms with E-state index in [2.05, 4.69) is 5.32 Å². The van der Waals surface area contributed by atoms with Gasteiger partial charge in [0.2, 0.25) is 0 Å². The molecule has 0 unspecified atom stereocenters. The first-order valence-corrected chi connectivity index (χ1v) is 6.51. The molecule has 0 aliphatic rings. The van der Waals surface area contributed by atoms with Crippen LogP contribution in [-0.4, -0.2) is 30.9 Å². The van der Waals surface area contributed by atoms with E-state index >= 15 is 0 Å². The molecule has 1 rings (SSSR count). The number of hydrogen-bond donors (Lipinski definition) is 1. The zero-order valence-corrected chi connectivity index (χ0v) is 11.4. The second-order valence-corrected chi connectivity index (χ2v) is 4.25. The first-order chi connectivity index (χ1) is 9.45. The fourth-order valence-corrected chi connectivity index (χ4v) is 1.64. The lowest BCUT2D eigenvalue weighted by Gasteiger charge is -2.11. The molecule has 20 heavy (non-hydrogen) atoms. The maximum Gasteiger partial charge on any atom is 0.417 e. The Morgan fingerprint density at radius 3 is 2.70 bits per heavy atom. The lowest BCUT2D eigenvalue weighted by atomic mass is 10.3. The number of aromatic nitrogens is 1. The number of alkyl halides is 3. The van der Waals surface area contributed by atoms with Crippen molar-refractivity contribution in [3.8, 4) is 0 Å². The van der Waals surface area contributed by atoms with Crippen molar-refractivity contribution in [3.63, 3.8) is 0 Å². The molecule has 0 fully saturated rings. The first-order valence-electron chi connectivity index (χ1n) is 6.51. The molecule has 0 aliphatic carbocycles. The zero-order chi connectivity index (χ0) is 15.0. The molecule has 0 saturated carbocycles. The molecule has 1 aromatic rings. The summed E-state index contributed by atoms with van der Waals surface area (Å²) in [5.41, 5.74) is -1.25. The predicted molar refractivity (Wildman–Crippen MR) is 69.7 cm³/mol. The van der Waals surface area contributed by atoms with Crippen molar-refractivity contribution in [3.05, 3.63) is 34.2 Å². The van der Waals surface area contributed by atoms with Gasteiger partial charge in [0.05, 0.1) is 5.56 Å². The third-order valence-electron chi connectivity index (χ3n) is 2.69. The van der Waals surface area contributed by atoms with Crippen molar-refractivity contribution >= 4 is 0 Å². The Hall–Kier alpha value is -1.34. The lowest BCUT2D eigenvalue weighted by molar-refractivity contribution is -0.138. The van der Waals surface area contributed by atoms with Crippen LogP contribution in [-0.2, 0) is 17.5 Å². The van der Waals surface area contributed by atoms with Gasteiger partial charge in [0.15, 0.2) is 0 Å². The van der Waals surface area contributed by atoms with Gasteiger partial charge in [0.1, 0.15) is 0 Å². The largest absolute Gasteiger partial charge is 0.417 e. The number of nitrogens with zero attached hydrogens (tertiary/aromatic N) is 1. The van der Waals surface area contributed by atoms with Crippen LogP contribution in [0.3, 0.4) is 0 Å². The van der Waals surface area contributed by atoms with Crippen molar-refractivity contribution in [2.75, 3.05) is 26.3 Å². The number of nitrogens with one attached hydrogen (secondary N) is 1.